The van der Waals surface area contributed by atoms with Crippen molar-refractivity contribution < 1.29 is 13.6 Å². The Morgan fingerprint density at radius 3 is 2.68 bits per heavy atom. The number of carbonyl (C=O) groups is 1. The highest BCUT2D eigenvalue weighted by atomic mass is 19.3. The van der Waals surface area contributed by atoms with Crippen molar-refractivity contribution in [3.63, 3.8) is 0 Å². The van der Waals surface area contributed by atoms with Crippen molar-refractivity contribution in [2.75, 3.05) is 24.6 Å². The molecule has 3 N–H and O–H groups in total. The number of nitrogens with zero attached hydrogens (tertiary/aromatic N) is 1. The van der Waals surface area contributed by atoms with E-state index in [1.165, 1.54) is 11.9 Å². The first-order chi connectivity index (χ1) is 8.81. The van der Waals surface area contributed by atoms with Crippen LogP contribution >= 0.6 is 0 Å². The molecular weight excluding hydrogens is 252 g/mol. The number of nitrogens with one attached hydrogen (secondary N) is 1. The average Bonchev–Trinajstić information content (AvgIpc) is 2.31. The minimum atomic E-state index is -2.46. The Hall–Kier alpha value is -1.69. The lowest BCUT2D eigenvalue weighted by Gasteiger charge is -2.23. The molecular formula is C13H19F2N3O. The molecule has 0 saturated carbocycles. The molecule has 0 spiro atoms. The topological polar surface area (TPSA) is 58.4 Å². The number of nitrogens with two attached hydrogens (primary N) is 1. The van der Waals surface area contributed by atoms with Crippen LogP contribution in [-0.4, -0.2) is 36.9 Å². The summed E-state index contributed by atoms with van der Waals surface area (Å²) >= 11 is 0. The third-order valence-electron chi connectivity index (χ3n) is 2.99. The first kappa shape index (κ1) is 15.4. The smallest absolute Gasteiger partial charge is 0.251 e. The molecule has 0 aliphatic carbocycles. The van der Waals surface area contributed by atoms with E-state index in [1.807, 2.05) is 6.92 Å². The normalized spacial score (nSPS) is 12.8. The number of rotatable bonds is 5. The number of carbonyl (C=O) groups excluding carboxylic acids is 1. The molecule has 4 nitrogen and oxygen atoms in total. The maximum absolute atomic E-state index is 12.3. The van der Waals surface area contributed by atoms with E-state index in [0.717, 1.165) is 5.56 Å². The van der Waals surface area contributed by atoms with Gasteiger partial charge in [-0.1, -0.05) is 6.07 Å². The minimum Gasteiger partial charge on any atom is -0.399 e. The van der Waals surface area contributed by atoms with E-state index < -0.39 is 19.0 Å². The van der Waals surface area contributed by atoms with Crippen LogP contribution in [0.2, 0.25) is 0 Å². The van der Waals surface area contributed by atoms with Gasteiger partial charge in [0.15, 0.2) is 0 Å². The Kier molecular flexibility index (Phi) is 5.23. The van der Waals surface area contributed by atoms with Crippen molar-refractivity contribution in [2.45, 2.75) is 26.3 Å². The highest BCUT2D eigenvalue weighted by Gasteiger charge is 2.21. The van der Waals surface area contributed by atoms with Crippen LogP contribution in [0.4, 0.5) is 20.2 Å². The molecule has 1 aromatic carbocycles. The Morgan fingerprint density at radius 1 is 1.47 bits per heavy atom. The third kappa shape index (κ3) is 4.48. The number of benzene rings is 1. The minimum absolute atomic E-state index is 0.336. The second-order valence-corrected chi connectivity index (χ2v) is 4.57. The predicted molar refractivity (Wildman–Crippen MR) is 72.3 cm³/mol. The lowest BCUT2D eigenvalue weighted by molar-refractivity contribution is -0.120. The molecule has 0 aliphatic heterocycles. The number of nitrogen functional groups attached to an aromatic ring is 1. The second-order valence-electron chi connectivity index (χ2n) is 4.57. The van der Waals surface area contributed by atoms with Gasteiger partial charge in [0, 0.05) is 11.4 Å². The van der Waals surface area contributed by atoms with E-state index in [2.05, 4.69) is 5.32 Å². The summed E-state index contributed by atoms with van der Waals surface area (Å²) in [6.07, 6.45) is -2.46. The first-order valence-corrected chi connectivity index (χ1v) is 5.96. The van der Waals surface area contributed by atoms with Crippen LogP contribution in [-0.2, 0) is 4.79 Å². The summed E-state index contributed by atoms with van der Waals surface area (Å²) in [7, 11) is 1.49. The Labute approximate surface area is 111 Å². The van der Waals surface area contributed by atoms with Crippen molar-refractivity contribution in [3.8, 4) is 0 Å². The number of halogens is 2. The van der Waals surface area contributed by atoms with Crippen LogP contribution < -0.4 is 11.1 Å². The summed E-state index contributed by atoms with van der Waals surface area (Å²) in [5, 5.41) is 2.70. The molecule has 1 rings (SSSR count). The Balaban J connectivity index is 2.71. The fourth-order valence-electron chi connectivity index (χ4n) is 1.59. The Morgan fingerprint density at radius 2 is 2.11 bits per heavy atom. The van der Waals surface area contributed by atoms with Gasteiger partial charge in [-0.2, -0.15) is 0 Å². The Bertz CT molecular complexity index is 452. The van der Waals surface area contributed by atoms with E-state index in [4.69, 9.17) is 5.73 Å². The number of likely N-dealkylation sites (N-methyl/N-ethyl adjacent to an activating group) is 1. The standard InChI is InChI=1S/C13H19F2N3O/c1-8-4-5-10(16)6-11(8)17-13(19)9(2)18(3)7-12(14)15/h4-6,9,12H,7,16H2,1-3H3,(H,17,19). The second kappa shape index (κ2) is 6.47. The molecule has 0 heterocycles. The monoisotopic (exact) mass is 271 g/mol. The number of hydrogen-bond acceptors (Lipinski definition) is 3. The molecule has 106 valence electrons. The zero-order chi connectivity index (χ0) is 14.6. The molecule has 0 bridgehead atoms. The molecule has 19 heavy (non-hydrogen) atoms. The van der Waals surface area contributed by atoms with Crippen LogP contribution in [0.3, 0.4) is 0 Å². The highest BCUT2D eigenvalue weighted by molar-refractivity contribution is 5.95. The van der Waals surface area contributed by atoms with Crippen molar-refractivity contribution in [2.24, 2.45) is 0 Å². The van der Waals surface area contributed by atoms with Crippen LogP contribution in [0.1, 0.15) is 12.5 Å². The van der Waals surface area contributed by atoms with Crippen molar-refractivity contribution in [1.82, 2.24) is 4.90 Å². The van der Waals surface area contributed by atoms with Gasteiger partial charge in [0.2, 0.25) is 5.91 Å². The van der Waals surface area contributed by atoms with Crippen LogP contribution in [0, 0.1) is 6.92 Å². The van der Waals surface area contributed by atoms with E-state index in [-0.39, 0.29) is 5.91 Å². The van der Waals surface area contributed by atoms with Gasteiger partial charge in [0.25, 0.3) is 6.43 Å². The molecule has 0 aliphatic rings. The van der Waals surface area contributed by atoms with E-state index in [9.17, 15) is 13.6 Å². The lowest BCUT2D eigenvalue weighted by Crippen LogP contribution is -2.41. The number of amides is 1. The summed E-state index contributed by atoms with van der Waals surface area (Å²) in [5.74, 6) is -0.336. The van der Waals surface area contributed by atoms with Gasteiger partial charge in [-0.3, -0.25) is 9.69 Å². The SMILES string of the molecule is Cc1ccc(N)cc1NC(=O)C(C)N(C)CC(F)F. The lowest BCUT2D eigenvalue weighted by atomic mass is 10.1. The molecule has 1 atom stereocenters. The number of anilines is 2. The molecule has 1 unspecified atom stereocenters. The first-order valence-electron chi connectivity index (χ1n) is 5.96. The molecule has 1 aromatic rings. The third-order valence-corrected chi connectivity index (χ3v) is 2.99. The molecule has 1 amide bonds. The number of aryl methyl sites for hydroxylation is 1. The maximum Gasteiger partial charge on any atom is 0.251 e. The summed E-state index contributed by atoms with van der Waals surface area (Å²) < 4.78 is 24.5. The average molecular weight is 271 g/mol. The van der Waals surface area contributed by atoms with E-state index >= 15 is 0 Å². The predicted octanol–water partition coefficient (Wildman–Crippen LogP) is 2.10. The van der Waals surface area contributed by atoms with Gasteiger partial charge in [0.05, 0.1) is 12.6 Å². The van der Waals surface area contributed by atoms with Crippen molar-refractivity contribution in [3.05, 3.63) is 23.8 Å². The largest absolute Gasteiger partial charge is 0.399 e. The molecule has 0 aromatic heterocycles. The van der Waals surface area contributed by atoms with Gasteiger partial charge in [0.1, 0.15) is 0 Å². The van der Waals surface area contributed by atoms with Gasteiger partial charge in [-0.15, -0.1) is 0 Å². The van der Waals surface area contributed by atoms with Gasteiger partial charge in [-0.05, 0) is 38.6 Å². The van der Waals surface area contributed by atoms with E-state index in [0.29, 0.717) is 11.4 Å². The zero-order valence-electron chi connectivity index (χ0n) is 11.3. The van der Waals surface area contributed by atoms with Gasteiger partial charge >= 0.3 is 0 Å². The molecule has 6 heteroatoms. The number of hydrogen-bond donors (Lipinski definition) is 2. The molecule has 0 fully saturated rings. The summed E-state index contributed by atoms with van der Waals surface area (Å²) in [6, 6.07) is 4.53. The van der Waals surface area contributed by atoms with Crippen LogP contribution in [0.5, 0.6) is 0 Å². The van der Waals surface area contributed by atoms with Gasteiger partial charge < -0.3 is 11.1 Å². The quantitative estimate of drug-likeness (QED) is 0.806. The summed E-state index contributed by atoms with van der Waals surface area (Å²) in [6.45, 7) is 2.98. The summed E-state index contributed by atoms with van der Waals surface area (Å²) in [5.41, 5.74) is 7.65. The summed E-state index contributed by atoms with van der Waals surface area (Å²) in [4.78, 5) is 13.3. The fourth-order valence-corrected chi connectivity index (χ4v) is 1.59. The highest BCUT2D eigenvalue weighted by Crippen LogP contribution is 2.18. The fraction of sp³-hybridized carbons (Fsp3) is 0.462. The van der Waals surface area contributed by atoms with Crippen LogP contribution in [0.15, 0.2) is 18.2 Å². The van der Waals surface area contributed by atoms with Crippen molar-refractivity contribution >= 4 is 17.3 Å². The number of alkyl halides is 2. The molecule has 0 saturated heterocycles. The van der Waals surface area contributed by atoms with Crippen molar-refractivity contribution in [1.29, 1.82) is 0 Å². The maximum atomic E-state index is 12.3. The van der Waals surface area contributed by atoms with E-state index in [1.54, 1.807) is 25.1 Å². The van der Waals surface area contributed by atoms with Crippen LogP contribution in [0.25, 0.3) is 0 Å². The van der Waals surface area contributed by atoms with Gasteiger partial charge in [-0.25, -0.2) is 8.78 Å². The molecule has 0 radical (unpaired) electrons. The zero-order valence-corrected chi connectivity index (χ0v) is 11.3.